The van der Waals surface area contributed by atoms with Crippen LogP contribution in [0.25, 0.3) is 0 Å². The van der Waals surface area contributed by atoms with E-state index in [1.165, 1.54) is 0 Å². The van der Waals surface area contributed by atoms with Gasteiger partial charge in [-0.1, -0.05) is 45.9 Å². The van der Waals surface area contributed by atoms with Crippen molar-refractivity contribution in [1.29, 1.82) is 0 Å². The van der Waals surface area contributed by atoms with Crippen molar-refractivity contribution in [1.82, 2.24) is 9.80 Å². The third kappa shape index (κ3) is 10.3. The number of rotatable bonds is 4. The van der Waals surface area contributed by atoms with Crippen molar-refractivity contribution in [3.05, 3.63) is 30.3 Å². The zero-order valence-electron chi connectivity index (χ0n) is 17.7. The molecule has 5 heteroatoms. The van der Waals surface area contributed by atoms with E-state index in [4.69, 9.17) is 9.47 Å². The second-order valence-corrected chi connectivity index (χ2v) is 6.47. The summed E-state index contributed by atoms with van der Waals surface area (Å²) in [6.45, 7) is 18.3. The molecule has 5 nitrogen and oxygen atoms in total. The van der Waals surface area contributed by atoms with Crippen molar-refractivity contribution in [2.45, 2.75) is 54.1 Å². The number of piperazine rings is 1. The van der Waals surface area contributed by atoms with Gasteiger partial charge >= 0.3 is 6.09 Å². The number of amides is 1. The Kier molecular flexibility index (Phi) is 12.5. The smallest absolute Gasteiger partial charge is 0.410 e. The Bertz CT molecular complexity index is 464. The molecule has 0 saturated carbocycles. The number of para-hydroxylation sites is 1. The van der Waals surface area contributed by atoms with E-state index in [1.807, 2.05) is 78.8 Å². The summed E-state index contributed by atoms with van der Waals surface area (Å²) in [5.74, 6) is 0.898. The summed E-state index contributed by atoms with van der Waals surface area (Å²) in [5.41, 5.74) is -0.433. The Balaban J connectivity index is 0.00000146. The Labute approximate surface area is 160 Å². The number of ether oxygens (including phenoxy) is 2. The number of nitrogens with zero attached hydrogens (tertiary/aromatic N) is 2. The van der Waals surface area contributed by atoms with Gasteiger partial charge in [-0.2, -0.15) is 0 Å². The van der Waals surface area contributed by atoms with Crippen LogP contribution in [0.4, 0.5) is 4.79 Å². The minimum absolute atomic E-state index is 0.215. The summed E-state index contributed by atoms with van der Waals surface area (Å²) in [6, 6.07) is 9.83. The fourth-order valence-corrected chi connectivity index (χ4v) is 2.29. The summed E-state index contributed by atoms with van der Waals surface area (Å²) in [6.07, 6.45) is -0.215. The van der Waals surface area contributed by atoms with Gasteiger partial charge in [0.2, 0.25) is 0 Å². The molecule has 150 valence electrons. The zero-order chi connectivity index (χ0) is 20.0. The van der Waals surface area contributed by atoms with Gasteiger partial charge in [-0.25, -0.2) is 4.79 Å². The highest BCUT2D eigenvalue weighted by atomic mass is 16.6. The predicted molar refractivity (Wildman–Crippen MR) is 109 cm³/mol. The molecule has 1 aliphatic rings. The number of benzene rings is 1. The maximum Gasteiger partial charge on any atom is 0.410 e. The molecule has 1 aromatic rings. The molecular formula is C21H38N2O3. The van der Waals surface area contributed by atoms with Crippen LogP contribution in [0.2, 0.25) is 0 Å². The summed E-state index contributed by atoms with van der Waals surface area (Å²) >= 11 is 0. The summed E-state index contributed by atoms with van der Waals surface area (Å²) in [5, 5.41) is 0. The second-order valence-electron chi connectivity index (χ2n) is 6.47. The molecule has 1 fully saturated rings. The molecule has 0 radical (unpaired) electrons. The highest BCUT2D eigenvalue weighted by Gasteiger charge is 2.25. The van der Waals surface area contributed by atoms with E-state index in [-0.39, 0.29) is 6.09 Å². The Morgan fingerprint density at radius 1 is 0.962 bits per heavy atom. The Morgan fingerprint density at radius 2 is 1.50 bits per heavy atom. The van der Waals surface area contributed by atoms with E-state index < -0.39 is 5.60 Å². The SMILES string of the molecule is CC.CC.CC(C)(C)OC(=O)N1CCN(CCOc2ccccc2)CC1. The van der Waals surface area contributed by atoms with Crippen LogP contribution in [-0.4, -0.2) is 60.8 Å². The Hall–Kier alpha value is -1.75. The lowest BCUT2D eigenvalue weighted by molar-refractivity contribution is 0.0137. The van der Waals surface area contributed by atoms with Crippen LogP contribution in [0.3, 0.4) is 0 Å². The molecule has 0 aliphatic carbocycles. The van der Waals surface area contributed by atoms with Gasteiger partial charge in [-0.3, -0.25) is 4.90 Å². The fraction of sp³-hybridized carbons (Fsp3) is 0.667. The molecule has 1 saturated heterocycles. The standard InChI is InChI=1S/C17H26N2O3.2C2H6/c1-17(2,3)22-16(20)19-11-9-18(10-12-19)13-14-21-15-7-5-4-6-8-15;2*1-2/h4-8H,9-14H2,1-3H3;2*1-2H3. The van der Waals surface area contributed by atoms with Crippen molar-refractivity contribution < 1.29 is 14.3 Å². The zero-order valence-corrected chi connectivity index (χ0v) is 17.7. The normalized spacial score (nSPS) is 14.3. The van der Waals surface area contributed by atoms with Gasteiger partial charge < -0.3 is 14.4 Å². The maximum absolute atomic E-state index is 12.0. The molecule has 1 amide bonds. The third-order valence-electron chi connectivity index (χ3n) is 3.44. The van der Waals surface area contributed by atoms with E-state index in [1.54, 1.807) is 4.90 Å². The van der Waals surface area contributed by atoms with Crippen LogP contribution in [0.5, 0.6) is 5.75 Å². The monoisotopic (exact) mass is 366 g/mol. The van der Waals surface area contributed by atoms with E-state index in [2.05, 4.69) is 4.90 Å². The van der Waals surface area contributed by atoms with Gasteiger partial charge in [-0.15, -0.1) is 0 Å². The van der Waals surface area contributed by atoms with E-state index in [0.29, 0.717) is 19.7 Å². The lowest BCUT2D eigenvalue weighted by Crippen LogP contribution is -2.50. The van der Waals surface area contributed by atoms with Crippen LogP contribution in [-0.2, 0) is 4.74 Å². The number of hydrogen-bond donors (Lipinski definition) is 0. The quantitative estimate of drug-likeness (QED) is 0.776. The summed E-state index contributed by atoms with van der Waals surface area (Å²) in [4.78, 5) is 16.1. The van der Waals surface area contributed by atoms with Crippen molar-refractivity contribution in [2.24, 2.45) is 0 Å². The van der Waals surface area contributed by atoms with E-state index in [9.17, 15) is 4.79 Å². The van der Waals surface area contributed by atoms with Crippen molar-refractivity contribution in [2.75, 3.05) is 39.3 Å². The second kappa shape index (κ2) is 13.5. The molecule has 1 heterocycles. The molecule has 0 spiro atoms. The highest BCUT2D eigenvalue weighted by Crippen LogP contribution is 2.12. The topological polar surface area (TPSA) is 42.0 Å². The van der Waals surface area contributed by atoms with Crippen LogP contribution >= 0.6 is 0 Å². The third-order valence-corrected chi connectivity index (χ3v) is 3.44. The minimum Gasteiger partial charge on any atom is -0.492 e. The first-order valence-electron chi connectivity index (χ1n) is 9.82. The maximum atomic E-state index is 12.0. The number of hydrogen-bond acceptors (Lipinski definition) is 4. The van der Waals surface area contributed by atoms with Gasteiger partial charge in [0.25, 0.3) is 0 Å². The van der Waals surface area contributed by atoms with Crippen LogP contribution < -0.4 is 4.74 Å². The molecule has 1 aliphatic heterocycles. The number of carbonyl (C=O) groups excluding carboxylic acids is 1. The van der Waals surface area contributed by atoms with Gasteiger partial charge in [0.15, 0.2) is 0 Å². The lowest BCUT2D eigenvalue weighted by Gasteiger charge is -2.35. The average Bonchev–Trinajstić information content (AvgIpc) is 2.65. The van der Waals surface area contributed by atoms with Crippen molar-refractivity contribution in [3.8, 4) is 5.75 Å². The molecule has 0 N–H and O–H groups in total. The first kappa shape index (κ1) is 24.2. The molecule has 2 rings (SSSR count). The van der Waals surface area contributed by atoms with Crippen LogP contribution in [0.15, 0.2) is 30.3 Å². The first-order chi connectivity index (χ1) is 12.4. The molecule has 26 heavy (non-hydrogen) atoms. The van der Waals surface area contributed by atoms with E-state index in [0.717, 1.165) is 25.4 Å². The number of carbonyl (C=O) groups is 1. The summed E-state index contributed by atoms with van der Waals surface area (Å²) in [7, 11) is 0. The van der Waals surface area contributed by atoms with Crippen LogP contribution in [0, 0.1) is 0 Å². The Morgan fingerprint density at radius 3 is 2.00 bits per heavy atom. The van der Waals surface area contributed by atoms with Crippen molar-refractivity contribution >= 4 is 6.09 Å². The van der Waals surface area contributed by atoms with Gasteiger partial charge in [0.1, 0.15) is 18.0 Å². The highest BCUT2D eigenvalue weighted by molar-refractivity contribution is 5.68. The molecule has 1 aromatic carbocycles. The largest absolute Gasteiger partial charge is 0.492 e. The predicted octanol–water partition coefficient (Wildman–Crippen LogP) is 4.67. The fourth-order valence-electron chi connectivity index (χ4n) is 2.29. The average molecular weight is 367 g/mol. The van der Waals surface area contributed by atoms with E-state index >= 15 is 0 Å². The molecule has 0 atom stereocenters. The molecular weight excluding hydrogens is 328 g/mol. The summed E-state index contributed by atoms with van der Waals surface area (Å²) < 4.78 is 11.1. The minimum atomic E-state index is -0.433. The van der Waals surface area contributed by atoms with Crippen molar-refractivity contribution in [3.63, 3.8) is 0 Å². The first-order valence-corrected chi connectivity index (χ1v) is 9.82. The van der Waals surface area contributed by atoms with Gasteiger partial charge in [0, 0.05) is 32.7 Å². The molecule has 0 bridgehead atoms. The molecule has 0 unspecified atom stereocenters. The lowest BCUT2D eigenvalue weighted by atomic mass is 10.2. The van der Waals surface area contributed by atoms with Gasteiger partial charge in [-0.05, 0) is 32.9 Å². The molecule has 0 aromatic heterocycles. The van der Waals surface area contributed by atoms with Gasteiger partial charge in [0.05, 0.1) is 0 Å². The van der Waals surface area contributed by atoms with Crippen LogP contribution in [0.1, 0.15) is 48.5 Å².